The van der Waals surface area contributed by atoms with Crippen molar-refractivity contribution < 1.29 is 14.3 Å². The monoisotopic (exact) mass is 198 g/mol. The predicted octanol–water partition coefficient (Wildman–Crippen LogP) is -0.701. The van der Waals surface area contributed by atoms with Gasteiger partial charge in [-0.15, -0.1) is 0 Å². The largest absolute Gasteiger partial charge is 0.448 e. The van der Waals surface area contributed by atoms with Crippen LogP contribution >= 0.6 is 0 Å². The number of nitrogens with one attached hydrogen (secondary N) is 1. The topological polar surface area (TPSA) is 81.4 Å². The molecule has 0 aromatic carbocycles. The van der Waals surface area contributed by atoms with Crippen molar-refractivity contribution in [3.8, 4) is 0 Å². The van der Waals surface area contributed by atoms with Crippen LogP contribution in [0.3, 0.4) is 0 Å². The average molecular weight is 198 g/mol. The van der Waals surface area contributed by atoms with Gasteiger partial charge in [0.05, 0.1) is 0 Å². The molecule has 1 aliphatic heterocycles. The number of nitrogens with two attached hydrogens (primary N) is 1. The molecule has 0 bridgehead atoms. The molecule has 5 nitrogen and oxygen atoms in total. The first-order chi connectivity index (χ1) is 6.64. The Labute approximate surface area is 82.0 Å². The molecular formula is C9H14N2O3. The summed E-state index contributed by atoms with van der Waals surface area (Å²) >= 11 is 0. The van der Waals surface area contributed by atoms with Gasteiger partial charge in [-0.1, -0.05) is 0 Å². The molecule has 2 rings (SSSR count). The van der Waals surface area contributed by atoms with E-state index in [1.807, 2.05) is 0 Å². The smallest absolute Gasteiger partial charge is 0.324 e. The zero-order valence-corrected chi connectivity index (χ0v) is 7.91. The number of ether oxygens (including phenoxy) is 1. The van der Waals surface area contributed by atoms with E-state index in [1.165, 1.54) is 0 Å². The Morgan fingerprint density at radius 1 is 1.43 bits per heavy atom. The third-order valence-corrected chi connectivity index (χ3v) is 2.79. The summed E-state index contributed by atoms with van der Waals surface area (Å²) < 4.78 is 5.12. The van der Waals surface area contributed by atoms with Crippen molar-refractivity contribution in [1.29, 1.82) is 0 Å². The SMILES string of the molecule is NC(=O)C1(OC(=O)C2CCCN2)CC1. The Hall–Kier alpha value is -1.10. The fraction of sp³-hybridized carbons (Fsp3) is 0.778. The molecule has 0 aromatic heterocycles. The van der Waals surface area contributed by atoms with E-state index in [0.29, 0.717) is 12.8 Å². The second-order valence-electron chi connectivity index (χ2n) is 3.93. The number of carbonyl (C=O) groups excluding carboxylic acids is 2. The molecular weight excluding hydrogens is 184 g/mol. The molecule has 14 heavy (non-hydrogen) atoms. The molecule has 1 atom stereocenters. The first-order valence-corrected chi connectivity index (χ1v) is 4.90. The van der Waals surface area contributed by atoms with Crippen LogP contribution in [0.25, 0.3) is 0 Å². The second-order valence-corrected chi connectivity index (χ2v) is 3.93. The Bertz CT molecular complexity index is 267. The number of hydrogen-bond acceptors (Lipinski definition) is 4. The summed E-state index contributed by atoms with van der Waals surface area (Å²) in [6.07, 6.45) is 2.90. The zero-order chi connectivity index (χ0) is 10.2. The second kappa shape index (κ2) is 3.24. The molecule has 0 aromatic rings. The summed E-state index contributed by atoms with van der Waals surface area (Å²) in [5.74, 6) is -0.859. The van der Waals surface area contributed by atoms with Crippen molar-refractivity contribution in [1.82, 2.24) is 5.32 Å². The average Bonchev–Trinajstić information content (AvgIpc) is 2.74. The van der Waals surface area contributed by atoms with Gasteiger partial charge in [-0.25, -0.2) is 0 Å². The van der Waals surface area contributed by atoms with Crippen LogP contribution in [-0.2, 0) is 14.3 Å². The van der Waals surface area contributed by atoms with Crippen molar-refractivity contribution in [2.45, 2.75) is 37.3 Å². The van der Waals surface area contributed by atoms with E-state index in [-0.39, 0.29) is 12.0 Å². The summed E-state index contributed by atoms with van der Waals surface area (Å²) in [6, 6.07) is -0.244. The van der Waals surface area contributed by atoms with Crippen molar-refractivity contribution in [2.75, 3.05) is 6.54 Å². The molecule has 0 spiro atoms. The van der Waals surface area contributed by atoms with E-state index in [2.05, 4.69) is 5.32 Å². The maximum absolute atomic E-state index is 11.5. The van der Waals surface area contributed by atoms with Crippen molar-refractivity contribution >= 4 is 11.9 Å². The number of rotatable bonds is 3. The lowest BCUT2D eigenvalue weighted by Crippen LogP contribution is -2.41. The van der Waals surface area contributed by atoms with Gasteiger partial charge < -0.3 is 15.8 Å². The van der Waals surface area contributed by atoms with Crippen LogP contribution in [0.4, 0.5) is 0 Å². The van der Waals surface area contributed by atoms with Gasteiger partial charge in [0.2, 0.25) is 0 Å². The molecule has 2 aliphatic rings. The lowest BCUT2D eigenvalue weighted by Gasteiger charge is -2.16. The van der Waals surface area contributed by atoms with Gasteiger partial charge in [0, 0.05) is 12.8 Å². The summed E-state index contributed by atoms with van der Waals surface area (Å²) in [5.41, 5.74) is 4.17. The molecule has 3 N–H and O–H groups in total. The first-order valence-electron chi connectivity index (χ1n) is 4.90. The molecule has 5 heteroatoms. The summed E-state index contributed by atoms with van der Waals surface area (Å²) in [7, 11) is 0. The number of amides is 1. The Morgan fingerprint density at radius 2 is 2.14 bits per heavy atom. The summed E-state index contributed by atoms with van der Waals surface area (Å²) in [5, 5.41) is 3.02. The van der Waals surface area contributed by atoms with E-state index in [9.17, 15) is 9.59 Å². The molecule has 1 unspecified atom stereocenters. The van der Waals surface area contributed by atoms with E-state index in [1.54, 1.807) is 0 Å². The Morgan fingerprint density at radius 3 is 2.57 bits per heavy atom. The highest BCUT2D eigenvalue weighted by Crippen LogP contribution is 2.39. The van der Waals surface area contributed by atoms with Gasteiger partial charge in [0.1, 0.15) is 6.04 Å². The number of primary amides is 1. The molecule has 1 heterocycles. The van der Waals surface area contributed by atoms with Crippen LogP contribution in [0.15, 0.2) is 0 Å². The lowest BCUT2D eigenvalue weighted by atomic mass is 10.2. The molecule has 1 saturated heterocycles. The van der Waals surface area contributed by atoms with Gasteiger partial charge in [0.25, 0.3) is 5.91 Å². The molecule has 1 aliphatic carbocycles. The molecule has 2 fully saturated rings. The predicted molar refractivity (Wildman–Crippen MR) is 48.3 cm³/mol. The molecule has 1 saturated carbocycles. The van der Waals surface area contributed by atoms with E-state index < -0.39 is 11.5 Å². The minimum atomic E-state index is -0.971. The summed E-state index contributed by atoms with van der Waals surface area (Å²) in [6.45, 7) is 0.837. The van der Waals surface area contributed by atoms with Crippen LogP contribution in [-0.4, -0.2) is 30.1 Å². The highest BCUT2D eigenvalue weighted by Gasteiger charge is 2.53. The third-order valence-electron chi connectivity index (χ3n) is 2.79. The Kier molecular flexibility index (Phi) is 2.19. The number of hydrogen-bond donors (Lipinski definition) is 2. The zero-order valence-electron chi connectivity index (χ0n) is 7.91. The standard InChI is InChI=1S/C9H14N2O3/c10-8(13)9(3-4-9)14-7(12)6-2-1-5-11-6/h6,11H,1-5H2,(H2,10,13). The third kappa shape index (κ3) is 1.59. The molecule has 78 valence electrons. The highest BCUT2D eigenvalue weighted by atomic mass is 16.6. The summed E-state index contributed by atoms with van der Waals surface area (Å²) in [4.78, 5) is 22.5. The van der Waals surface area contributed by atoms with Crippen LogP contribution < -0.4 is 11.1 Å². The van der Waals surface area contributed by atoms with Crippen LogP contribution in [0.1, 0.15) is 25.7 Å². The number of esters is 1. The minimum Gasteiger partial charge on any atom is -0.448 e. The first kappa shape index (κ1) is 9.45. The van der Waals surface area contributed by atoms with Crippen LogP contribution in [0.5, 0.6) is 0 Å². The minimum absolute atomic E-state index is 0.244. The maximum atomic E-state index is 11.5. The normalized spacial score (nSPS) is 28.4. The number of carbonyl (C=O) groups is 2. The van der Waals surface area contributed by atoms with E-state index >= 15 is 0 Å². The van der Waals surface area contributed by atoms with Crippen LogP contribution in [0, 0.1) is 0 Å². The molecule has 0 radical (unpaired) electrons. The fourth-order valence-corrected chi connectivity index (χ4v) is 1.66. The van der Waals surface area contributed by atoms with Crippen molar-refractivity contribution in [2.24, 2.45) is 5.73 Å². The Balaban J connectivity index is 1.91. The van der Waals surface area contributed by atoms with E-state index in [0.717, 1.165) is 19.4 Å². The van der Waals surface area contributed by atoms with Gasteiger partial charge >= 0.3 is 5.97 Å². The van der Waals surface area contributed by atoms with Crippen LogP contribution in [0.2, 0.25) is 0 Å². The molecule has 1 amide bonds. The van der Waals surface area contributed by atoms with Gasteiger partial charge in [-0.05, 0) is 19.4 Å². The lowest BCUT2D eigenvalue weighted by molar-refractivity contribution is -0.159. The maximum Gasteiger partial charge on any atom is 0.324 e. The van der Waals surface area contributed by atoms with Gasteiger partial charge in [-0.3, -0.25) is 9.59 Å². The van der Waals surface area contributed by atoms with Gasteiger partial charge in [0.15, 0.2) is 5.60 Å². The van der Waals surface area contributed by atoms with Crippen molar-refractivity contribution in [3.05, 3.63) is 0 Å². The van der Waals surface area contributed by atoms with Gasteiger partial charge in [-0.2, -0.15) is 0 Å². The fourth-order valence-electron chi connectivity index (χ4n) is 1.66. The van der Waals surface area contributed by atoms with E-state index in [4.69, 9.17) is 10.5 Å². The highest BCUT2D eigenvalue weighted by molar-refractivity contribution is 5.90. The van der Waals surface area contributed by atoms with Crippen molar-refractivity contribution in [3.63, 3.8) is 0 Å². The quantitative estimate of drug-likeness (QED) is 0.587.